The van der Waals surface area contributed by atoms with Crippen LogP contribution in [-0.2, 0) is 5.41 Å². The minimum absolute atomic E-state index is 0.522. The first-order valence-electron chi connectivity index (χ1n) is 18.9. The molecule has 10 aromatic rings. The fourth-order valence-corrected chi connectivity index (χ4v) is 9.85. The minimum atomic E-state index is -0.522. The molecule has 56 heavy (non-hydrogen) atoms. The molecule has 0 fully saturated rings. The molecule has 0 aliphatic heterocycles. The van der Waals surface area contributed by atoms with Crippen LogP contribution in [-0.4, -0.2) is 15.0 Å². The molecule has 3 nitrogen and oxygen atoms in total. The van der Waals surface area contributed by atoms with Crippen molar-refractivity contribution in [1.29, 1.82) is 0 Å². The molecule has 0 radical (unpaired) electrons. The SMILES string of the molecule is c1ccc(-c2nc(-c3cccc(-c4ccc5sc6ccccc6c5c4)c3)nc(-c3cccc4c3-c3ccccc3C4(c3ccccc3)c3ccccc3)n2)cc1. The van der Waals surface area contributed by atoms with Crippen LogP contribution < -0.4 is 0 Å². The van der Waals surface area contributed by atoms with Gasteiger partial charge in [0.2, 0.25) is 0 Å². The van der Waals surface area contributed by atoms with Crippen molar-refractivity contribution < 1.29 is 0 Å². The van der Waals surface area contributed by atoms with Gasteiger partial charge in [-0.3, -0.25) is 0 Å². The van der Waals surface area contributed by atoms with E-state index in [-0.39, 0.29) is 0 Å². The smallest absolute Gasteiger partial charge is 0.164 e. The zero-order valence-electron chi connectivity index (χ0n) is 30.3. The first-order valence-corrected chi connectivity index (χ1v) is 19.8. The molecule has 1 aliphatic carbocycles. The van der Waals surface area contributed by atoms with Crippen LogP contribution in [0.5, 0.6) is 0 Å². The Hall–Kier alpha value is -7.01. The van der Waals surface area contributed by atoms with Crippen LogP contribution in [0.4, 0.5) is 0 Å². The van der Waals surface area contributed by atoms with Crippen molar-refractivity contribution in [3.05, 3.63) is 222 Å². The van der Waals surface area contributed by atoms with Crippen LogP contribution in [0.1, 0.15) is 22.3 Å². The second-order valence-electron chi connectivity index (χ2n) is 14.3. The highest BCUT2D eigenvalue weighted by Gasteiger charge is 2.47. The van der Waals surface area contributed by atoms with Gasteiger partial charge in [-0.25, -0.2) is 15.0 Å². The summed E-state index contributed by atoms with van der Waals surface area (Å²) < 4.78 is 2.60. The van der Waals surface area contributed by atoms with E-state index in [0.29, 0.717) is 17.5 Å². The molecule has 0 N–H and O–H groups in total. The van der Waals surface area contributed by atoms with Gasteiger partial charge in [-0.2, -0.15) is 0 Å². The van der Waals surface area contributed by atoms with E-state index in [1.54, 1.807) is 0 Å². The van der Waals surface area contributed by atoms with Gasteiger partial charge in [0.05, 0.1) is 5.41 Å². The summed E-state index contributed by atoms with van der Waals surface area (Å²) in [5.74, 6) is 1.93. The van der Waals surface area contributed by atoms with Gasteiger partial charge in [0.25, 0.3) is 0 Å². The molecular formula is C52H33N3S. The maximum Gasteiger partial charge on any atom is 0.164 e. The van der Waals surface area contributed by atoms with Crippen LogP contribution in [0.15, 0.2) is 200 Å². The van der Waals surface area contributed by atoms with Crippen LogP contribution in [0.3, 0.4) is 0 Å². The predicted molar refractivity (Wildman–Crippen MR) is 232 cm³/mol. The van der Waals surface area contributed by atoms with Crippen molar-refractivity contribution in [2.24, 2.45) is 0 Å². The third-order valence-corrected chi connectivity index (χ3v) is 12.4. The molecule has 0 saturated carbocycles. The van der Waals surface area contributed by atoms with Crippen molar-refractivity contribution in [2.75, 3.05) is 0 Å². The van der Waals surface area contributed by atoms with Crippen LogP contribution in [0.25, 0.3) is 76.6 Å². The van der Waals surface area contributed by atoms with E-state index >= 15 is 0 Å². The first kappa shape index (κ1) is 32.4. The highest BCUT2D eigenvalue weighted by Crippen LogP contribution is 2.58. The van der Waals surface area contributed by atoms with Gasteiger partial charge in [0.1, 0.15) is 0 Å². The standard InChI is InChI=1S/C52H33N3S/c1-4-16-34(17-5-1)49-53-50(37-19-14-18-35(32-37)36-30-31-47-43(33-36)40-24-11-13-29-46(40)56-47)55-51(54-49)42-26-15-28-45-48(42)41-25-10-12-27-44(41)52(45,38-20-6-2-7-21-38)39-22-8-3-9-23-39/h1-33H. The molecule has 0 atom stereocenters. The monoisotopic (exact) mass is 731 g/mol. The number of benzene rings is 8. The molecule has 1 aliphatic rings. The average molecular weight is 732 g/mol. The lowest BCUT2D eigenvalue weighted by molar-refractivity contribution is 0.768. The summed E-state index contributed by atoms with van der Waals surface area (Å²) in [5, 5.41) is 2.57. The van der Waals surface area contributed by atoms with Crippen molar-refractivity contribution in [1.82, 2.24) is 15.0 Å². The molecule has 4 heteroatoms. The molecule has 262 valence electrons. The highest BCUT2D eigenvalue weighted by molar-refractivity contribution is 7.25. The molecule has 2 aromatic heterocycles. The summed E-state index contributed by atoms with van der Waals surface area (Å²) in [7, 11) is 0. The Morgan fingerprint density at radius 2 is 0.875 bits per heavy atom. The highest BCUT2D eigenvalue weighted by atomic mass is 32.1. The summed E-state index contributed by atoms with van der Waals surface area (Å²) in [6, 6.07) is 71.5. The minimum Gasteiger partial charge on any atom is -0.208 e. The molecule has 0 bridgehead atoms. The number of fused-ring (bicyclic) bond motifs is 6. The first-order chi connectivity index (χ1) is 27.8. The maximum absolute atomic E-state index is 5.34. The summed E-state index contributed by atoms with van der Waals surface area (Å²) >= 11 is 1.84. The van der Waals surface area contributed by atoms with E-state index in [2.05, 4.69) is 182 Å². The number of nitrogens with zero attached hydrogens (tertiary/aromatic N) is 3. The van der Waals surface area contributed by atoms with Gasteiger partial charge in [-0.1, -0.05) is 176 Å². The summed E-state index contributed by atoms with van der Waals surface area (Å²) in [5.41, 5.74) is 11.9. The van der Waals surface area contributed by atoms with Gasteiger partial charge in [-0.15, -0.1) is 11.3 Å². The molecular weight excluding hydrogens is 699 g/mol. The summed E-state index contributed by atoms with van der Waals surface area (Å²) in [4.78, 5) is 15.8. The second kappa shape index (κ2) is 13.1. The molecule has 8 aromatic carbocycles. The Balaban J connectivity index is 1.13. The average Bonchev–Trinajstić information content (AvgIpc) is 3.81. The predicted octanol–water partition coefficient (Wildman–Crippen LogP) is 13.3. The molecule has 0 saturated heterocycles. The molecule has 11 rings (SSSR count). The van der Waals surface area contributed by atoms with Gasteiger partial charge in [0, 0.05) is 36.9 Å². The van der Waals surface area contributed by atoms with E-state index in [1.807, 2.05) is 29.5 Å². The normalized spacial score (nSPS) is 12.8. The summed E-state index contributed by atoms with van der Waals surface area (Å²) in [6.07, 6.45) is 0. The van der Waals surface area contributed by atoms with E-state index in [4.69, 9.17) is 15.0 Å². The third-order valence-electron chi connectivity index (χ3n) is 11.2. The van der Waals surface area contributed by atoms with Gasteiger partial charge >= 0.3 is 0 Å². The van der Waals surface area contributed by atoms with E-state index < -0.39 is 5.41 Å². The topological polar surface area (TPSA) is 38.7 Å². The van der Waals surface area contributed by atoms with Gasteiger partial charge < -0.3 is 0 Å². The molecule has 0 spiro atoms. The third kappa shape index (κ3) is 5.07. The van der Waals surface area contributed by atoms with E-state index in [9.17, 15) is 0 Å². The Morgan fingerprint density at radius 3 is 1.66 bits per heavy atom. The van der Waals surface area contributed by atoms with Crippen LogP contribution >= 0.6 is 11.3 Å². The fraction of sp³-hybridized carbons (Fsp3) is 0.0192. The van der Waals surface area contributed by atoms with Gasteiger partial charge in [0.15, 0.2) is 17.5 Å². The van der Waals surface area contributed by atoms with Crippen molar-refractivity contribution >= 4 is 31.5 Å². The fourth-order valence-electron chi connectivity index (χ4n) is 8.76. The Morgan fingerprint density at radius 1 is 0.339 bits per heavy atom. The zero-order chi connectivity index (χ0) is 37.1. The number of hydrogen-bond acceptors (Lipinski definition) is 4. The van der Waals surface area contributed by atoms with Crippen molar-refractivity contribution in [3.8, 4) is 56.4 Å². The van der Waals surface area contributed by atoms with Crippen molar-refractivity contribution in [2.45, 2.75) is 5.41 Å². The quantitative estimate of drug-likeness (QED) is 0.171. The van der Waals surface area contributed by atoms with Crippen molar-refractivity contribution in [3.63, 3.8) is 0 Å². The molecule has 0 unspecified atom stereocenters. The van der Waals surface area contributed by atoms with Crippen LogP contribution in [0.2, 0.25) is 0 Å². The van der Waals surface area contributed by atoms with Gasteiger partial charge in [-0.05, 0) is 68.8 Å². The lowest BCUT2D eigenvalue weighted by Gasteiger charge is -2.33. The summed E-state index contributed by atoms with van der Waals surface area (Å²) in [6.45, 7) is 0. The Bertz CT molecular complexity index is 3040. The number of hydrogen-bond donors (Lipinski definition) is 0. The van der Waals surface area contributed by atoms with E-state index in [1.165, 1.54) is 48.0 Å². The molecule has 2 heterocycles. The lowest BCUT2D eigenvalue weighted by atomic mass is 9.67. The maximum atomic E-state index is 5.34. The Kier molecular flexibility index (Phi) is 7.58. The lowest BCUT2D eigenvalue weighted by Crippen LogP contribution is -2.28. The number of rotatable bonds is 6. The molecule has 0 amide bonds. The number of aromatic nitrogens is 3. The zero-order valence-corrected chi connectivity index (χ0v) is 31.1. The van der Waals surface area contributed by atoms with Crippen LogP contribution in [0, 0.1) is 0 Å². The largest absolute Gasteiger partial charge is 0.208 e. The Labute approximate surface area is 329 Å². The van der Waals surface area contributed by atoms with E-state index in [0.717, 1.165) is 33.4 Å². The second-order valence-corrected chi connectivity index (χ2v) is 15.4. The number of thiophene rings is 1.